The zero-order valence-electron chi connectivity index (χ0n) is 15.2. The van der Waals surface area contributed by atoms with Crippen molar-refractivity contribution in [2.45, 2.75) is 39.2 Å². The van der Waals surface area contributed by atoms with Gasteiger partial charge in [0.2, 0.25) is 0 Å². The minimum Gasteiger partial charge on any atom is -0.496 e. The number of ether oxygens (including phenoxy) is 2. The van der Waals surface area contributed by atoms with Gasteiger partial charge < -0.3 is 14.8 Å². The highest BCUT2D eigenvalue weighted by Gasteiger charge is 2.28. The van der Waals surface area contributed by atoms with Crippen LogP contribution < -0.4 is 10.1 Å². The molecule has 1 saturated carbocycles. The average molecular weight is 345 g/mol. The van der Waals surface area contributed by atoms with Crippen molar-refractivity contribution in [2.75, 3.05) is 13.7 Å². The summed E-state index contributed by atoms with van der Waals surface area (Å²) in [5.74, 6) is 0.921. The van der Waals surface area contributed by atoms with E-state index in [2.05, 4.69) is 19.2 Å². The summed E-state index contributed by atoms with van der Waals surface area (Å²) >= 11 is 0. The summed E-state index contributed by atoms with van der Waals surface area (Å²) in [6.07, 6.45) is 6.23. The van der Waals surface area contributed by atoms with Gasteiger partial charge in [0.25, 0.3) is 5.91 Å². The minimum atomic E-state index is -0.550. The summed E-state index contributed by atoms with van der Waals surface area (Å²) < 4.78 is 10.2. The molecule has 1 amide bonds. The van der Waals surface area contributed by atoms with Crippen molar-refractivity contribution >= 4 is 18.0 Å². The molecule has 1 fully saturated rings. The van der Waals surface area contributed by atoms with Crippen molar-refractivity contribution in [1.29, 1.82) is 0 Å². The van der Waals surface area contributed by atoms with Gasteiger partial charge in [0, 0.05) is 17.7 Å². The van der Waals surface area contributed by atoms with E-state index in [1.807, 2.05) is 24.3 Å². The van der Waals surface area contributed by atoms with E-state index < -0.39 is 5.97 Å². The van der Waals surface area contributed by atoms with Crippen LogP contribution in [0.1, 0.15) is 38.7 Å². The fourth-order valence-corrected chi connectivity index (χ4v) is 3.18. The molecule has 25 heavy (non-hydrogen) atoms. The lowest BCUT2D eigenvalue weighted by molar-refractivity contribution is -0.144. The molecule has 0 aromatic heterocycles. The highest BCUT2D eigenvalue weighted by atomic mass is 16.5. The largest absolute Gasteiger partial charge is 0.496 e. The van der Waals surface area contributed by atoms with Gasteiger partial charge in [0.05, 0.1) is 7.11 Å². The standard InChI is InChI=1S/C20H27NO4/c1-14-7-6-9-17(15(14)2)21-19(22)13-25-20(23)12-11-16-8-4-5-10-18(16)24-3/h4-5,8,10-12,14-15,17H,6-7,9,13H2,1-3H3,(H,21,22)/b12-11+/t14-,15-,17+/m0/s1. The Hall–Kier alpha value is -2.30. The fraction of sp³-hybridized carbons (Fsp3) is 0.500. The monoisotopic (exact) mass is 345 g/mol. The Balaban J connectivity index is 1.79. The first-order valence-electron chi connectivity index (χ1n) is 8.78. The topological polar surface area (TPSA) is 64.6 Å². The lowest BCUT2D eigenvalue weighted by Gasteiger charge is -2.34. The molecule has 0 spiro atoms. The predicted octanol–water partition coefficient (Wildman–Crippen LogP) is 3.19. The van der Waals surface area contributed by atoms with E-state index >= 15 is 0 Å². The molecule has 1 N–H and O–H groups in total. The quantitative estimate of drug-likeness (QED) is 0.635. The van der Waals surface area contributed by atoms with Gasteiger partial charge in [-0.15, -0.1) is 0 Å². The number of esters is 1. The van der Waals surface area contributed by atoms with Crippen LogP contribution in [0.4, 0.5) is 0 Å². The first kappa shape index (κ1) is 19.0. The SMILES string of the molecule is COc1ccccc1/C=C/C(=O)OCC(=O)N[C@@H]1CCC[C@H](C)[C@@H]1C. The normalized spacial score (nSPS) is 23.2. The van der Waals surface area contributed by atoms with E-state index in [4.69, 9.17) is 9.47 Å². The van der Waals surface area contributed by atoms with E-state index in [0.717, 1.165) is 18.4 Å². The molecular weight excluding hydrogens is 318 g/mol. The third-order valence-electron chi connectivity index (χ3n) is 4.94. The van der Waals surface area contributed by atoms with Gasteiger partial charge in [-0.1, -0.05) is 44.9 Å². The Morgan fingerprint density at radius 1 is 1.24 bits per heavy atom. The average Bonchev–Trinajstić information content (AvgIpc) is 2.62. The van der Waals surface area contributed by atoms with Crippen molar-refractivity contribution in [1.82, 2.24) is 5.32 Å². The van der Waals surface area contributed by atoms with Gasteiger partial charge >= 0.3 is 5.97 Å². The third kappa shape index (κ3) is 5.62. The van der Waals surface area contributed by atoms with E-state index in [-0.39, 0.29) is 18.6 Å². The van der Waals surface area contributed by atoms with Crippen LogP contribution in [0.2, 0.25) is 0 Å². The highest BCUT2D eigenvalue weighted by Crippen LogP contribution is 2.29. The van der Waals surface area contributed by atoms with Crippen LogP contribution >= 0.6 is 0 Å². The summed E-state index contributed by atoms with van der Waals surface area (Å²) in [6.45, 7) is 4.12. The molecule has 1 aromatic rings. The van der Waals surface area contributed by atoms with Crippen molar-refractivity contribution in [3.63, 3.8) is 0 Å². The number of nitrogens with one attached hydrogen (secondary N) is 1. The number of rotatable bonds is 6. The number of hydrogen-bond donors (Lipinski definition) is 1. The first-order valence-corrected chi connectivity index (χ1v) is 8.78. The summed E-state index contributed by atoms with van der Waals surface area (Å²) in [5, 5.41) is 2.99. The number of benzene rings is 1. The molecule has 1 aliphatic carbocycles. The molecule has 0 heterocycles. The predicted molar refractivity (Wildman–Crippen MR) is 97.1 cm³/mol. The van der Waals surface area contributed by atoms with Crippen LogP contribution in [0.3, 0.4) is 0 Å². The van der Waals surface area contributed by atoms with Crippen LogP contribution in [0.5, 0.6) is 5.75 Å². The van der Waals surface area contributed by atoms with Gasteiger partial charge in [-0.2, -0.15) is 0 Å². The van der Waals surface area contributed by atoms with Crippen LogP contribution in [0.15, 0.2) is 30.3 Å². The number of hydrogen-bond acceptors (Lipinski definition) is 4. The minimum absolute atomic E-state index is 0.166. The van der Waals surface area contributed by atoms with Crippen molar-refractivity contribution < 1.29 is 19.1 Å². The van der Waals surface area contributed by atoms with E-state index in [1.165, 1.54) is 12.5 Å². The van der Waals surface area contributed by atoms with Gasteiger partial charge in [0.1, 0.15) is 5.75 Å². The Bertz CT molecular complexity index is 626. The summed E-state index contributed by atoms with van der Waals surface area (Å²) in [7, 11) is 1.57. The first-order chi connectivity index (χ1) is 12.0. The number of carbonyl (C=O) groups excluding carboxylic acids is 2. The van der Waals surface area contributed by atoms with Crippen molar-refractivity contribution in [3.8, 4) is 5.75 Å². The fourth-order valence-electron chi connectivity index (χ4n) is 3.18. The van der Waals surface area contributed by atoms with E-state index in [9.17, 15) is 9.59 Å². The third-order valence-corrected chi connectivity index (χ3v) is 4.94. The number of para-hydroxylation sites is 1. The lowest BCUT2D eigenvalue weighted by Crippen LogP contribution is -2.45. The number of carbonyl (C=O) groups is 2. The second-order valence-electron chi connectivity index (χ2n) is 6.62. The van der Waals surface area contributed by atoms with Crippen molar-refractivity contribution in [3.05, 3.63) is 35.9 Å². The molecule has 2 rings (SSSR count). The second-order valence-corrected chi connectivity index (χ2v) is 6.62. The van der Waals surface area contributed by atoms with Crippen LogP contribution in [-0.2, 0) is 14.3 Å². The highest BCUT2D eigenvalue weighted by molar-refractivity contribution is 5.89. The van der Waals surface area contributed by atoms with Gasteiger partial charge in [-0.25, -0.2) is 4.79 Å². The van der Waals surface area contributed by atoms with Crippen LogP contribution in [0, 0.1) is 11.8 Å². The zero-order chi connectivity index (χ0) is 18.2. The zero-order valence-corrected chi connectivity index (χ0v) is 15.2. The Kier molecular flexibility index (Phi) is 7.04. The number of amides is 1. The van der Waals surface area contributed by atoms with Gasteiger partial charge in [0.15, 0.2) is 6.61 Å². The molecule has 1 aromatic carbocycles. The molecule has 0 radical (unpaired) electrons. The molecule has 0 bridgehead atoms. The van der Waals surface area contributed by atoms with Gasteiger partial charge in [-0.05, 0) is 30.4 Å². The maximum Gasteiger partial charge on any atom is 0.331 e. The molecule has 0 aliphatic heterocycles. The Labute approximate surface area is 149 Å². The summed E-state index contributed by atoms with van der Waals surface area (Å²) in [5.41, 5.74) is 0.774. The maximum atomic E-state index is 12.0. The number of methoxy groups -OCH3 is 1. The molecule has 136 valence electrons. The van der Waals surface area contributed by atoms with Crippen molar-refractivity contribution in [2.24, 2.45) is 11.8 Å². The Morgan fingerprint density at radius 2 is 2.00 bits per heavy atom. The maximum absolute atomic E-state index is 12.0. The Morgan fingerprint density at radius 3 is 2.76 bits per heavy atom. The van der Waals surface area contributed by atoms with E-state index in [0.29, 0.717) is 17.6 Å². The smallest absolute Gasteiger partial charge is 0.331 e. The van der Waals surface area contributed by atoms with Gasteiger partial charge in [-0.3, -0.25) is 4.79 Å². The molecule has 5 heteroatoms. The molecule has 0 saturated heterocycles. The summed E-state index contributed by atoms with van der Waals surface area (Å²) in [4.78, 5) is 23.8. The molecular formula is C20H27NO4. The summed E-state index contributed by atoms with van der Waals surface area (Å²) in [6, 6.07) is 7.52. The van der Waals surface area contributed by atoms with E-state index in [1.54, 1.807) is 13.2 Å². The van der Waals surface area contributed by atoms with Crippen LogP contribution in [0.25, 0.3) is 6.08 Å². The molecule has 1 aliphatic rings. The van der Waals surface area contributed by atoms with Crippen LogP contribution in [-0.4, -0.2) is 31.6 Å². The lowest BCUT2D eigenvalue weighted by atomic mass is 9.78. The molecule has 0 unspecified atom stereocenters. The molecule has 5 nitrogen and oxygen atoms in total. The molecule has 3 atom stereocenters. The second kappa shape index (κ2) is 9.25.